The molecule has 0 amide bonds. The third kappa shape index (κ3) is 12.9. The van der Waals surface area contributed by atoms with E-state index in [0.717, 1.165) is 32.1 Å². The van der Waals surface area contributed by atoms with Gasteiger partial charge in [-0.3, -0.25) is 0 Å². The number of unbranched alkanes of at least 4 members (excludes halogenated alkanes) is 4. The Hall–Kier alpha value is -1.10. The van der Waals surface area contributed by atoms with Gasteiger partial charge in [0.05, 0.1) is 12.1 Å². The third-order valence-corrected chi connectivity index (χ3v) is 1.91. The molecule has 0 heterocycles. The molecule has 0 spiro atoms. The summed E-state index contributed by atoms with van der Waals surface area (Å²) in [5.41, 5.74) is 0. The van der Waals surface area contributed by atoms with Gasteiger partial charge in [0.25, 0.3) is 0 Å². The Morgan fingerprint density at radius 2 is 1.07 bits per heavy atom. The second kappa shape index (κ2) is 12.9. The van der Waals surface area contributed by atoms with Gasteiger partial charge in [0.2, 0.25) is 0 Å². The summed E-state index contributed by atoms with van der Waals surface area (Å²) in [6.07, 6.45) is 5.45. The quantitative estimate of drug-likeness (QED) is 0.517. The van der Waals surface area contributed by atoms with Gasteiger partial charge in [-0.2, -0.15) is 10.5 Å². The molecule has 0 atom stereocenters. The molecular formula is C11H18N2O2. The van der Waals surface area contributed by atoms with E-state index < -0.39 is 0 Å². The van der Waals surface area contributed by atoms with Gasteiger partial charge in [-0.05, 0) is 12.8 Å². The van der Waals surface area contributed by atoms with E-state index in [9.17, 15) is 0 Å². The standard InChI is InChI=1S/C11H18N2O2/c12-6-10-14-8-4-2-1-3-5-9-15-11-7-13/h1-5,8-11H2. The minimum Gasteiger partial charge on any atom is -0.367 e. The zero-order valence-electron chi connectivity index (χ0n) is 9.07. The van der Waals surface area contributed by atoms with E-state index in [1.54, 1.807) is 0 Å². The van der Waals surface area contributed by atoms with Crippen LogP contribution in [0, 0.1) is 22.7 Å². The molecule has 0 N–H and O–H groups in total. The van der Waals surface area contributed by atoms with Gasteiger partial charge in [-0.1, -0.05) is 19.3 Å². The summed E-state index contributed by atoms with van der Waals surface area (Å²) in [5, 5.41) is 16.4. The molecule has 84 valence electrons. The van der Waals surface area contributed by atoms with Crippen LogP contribution in [0.15, 0.2) is 0 Å². The summed E-state index contributed by atoms with van der Waals surface area (Å²) in [7, 11) is 0. The van der Waals surface area contributed by atoms with Crippen LogP contribution in [0.2, 0.25) is 0 Å². The fraction of sp³-hybridized carbons (Fsp3) is 0.818. The first-order chi connectivity index (χ1) is 7.41. The topological polar surface area (TPSA) is 66.0 Å². The van der Waals surface area contributed by atoms with Crippen molar-refractivity contribution in [2.75, 3.05) is 26.4 Å². The first-order valence-corrected chi connectivity index (χ1v) is 5.31. The predicted molar refractivity (Wildman–Crippen MR) is 55.9 cm³/mol. The fourth-order valence-electron chi connectivity index (χ4n) is 1.17. The first-order valence-electron chi connectivity index (χ1n) is 5.31. The fourth-order valence-corrected chi connectivity index (χ4v) is 1.17. The number of ether oxygens (including phenoxy) is 2. The van der Waals surface area contributed by atoms with E-state index in [4.69, 9.17) is 20.0 Å². The highest BCUT2D eigenvalue weighted by molar-refractivity contribution is 4.66. The molecule has 4 heteroatoms. The van der Waals surface area contributed by atoms with Crippen molar-refractivity contribution in [2.24, 2.45) is 0 Å². The van der Waals surface area contributed by atoms with Crippen LogP contribution in [0.4, 0.5) is 0 Å². The normalized spacial score (nSPS) is 9.47. The molecule has 0 aliphatic carbocycles. The number of nitriles is 2. The molecule has 0 radical (unpaired) electrons. The molecule has 0 aromatic carbocycles. The van der Waals surface area contributed by atoms with Crippen LogP contribution >= 0.6 is 0 Å². The molecule has 15 heavy (non-hydrogen) atoms. The smallest absolute Gasteiger partial charge is 0.133 e. The number of hydrogen-bond donors (Lipinski definition) is 0. The van der Waals surface area contributed by atoms with Gasteiger partial charge in [0, 0.05) is 13.2 Å². The minimum absolute atomic E-state index is 0.196. The van der Waals surface area contributed by atoms with Gasteiger partial charge < -0.3 is 9.47 Å². The van der Waals surface area contributed by atoms with Crippen LogP contribution in [0.3, 0.4) is 0 Å². The van der Waals surface area contributed by atoms with Gasteiger partial charge in [0.1, 0.15) is 13.2 Å². The van der Waals surface area contributed by atoms with Gasteiger partial charge in [-0.15, -0.1) is 0 Å². The summed E-state index contributed by atoms with van der Waals surface area (Å²) in [6, 6.07) is 3.87. The van der Waals surface area contributed by atoms with Crippen molar-refractivity contribution in [2.45, 2.75) is 32.1 Å². The number of rotatable bonds is 10. The van der Waals surface area contributed by atoms with Crippen molar-refractivity contribution in [3.63, 3.8) is 0 Å². The summed E-state index contributed by atoms with van der Waals surface area (Å²) < 4.78 is 10.0. The second-order valence-electron chi connectivity index (χ2n) is 3.19. The maximum absolute atomic E-state index is 8.20. The zero-order valence-corrected chi connectivity index (χ0v) is 9.07. The lowest BCUT2D eigenvalue weighted by atomic mass is 10.1. The van der Waals surface area contributed by atoms with E-state index >= 15 is 0 Å². The van der Waals surface area contributed by atoms with Crippen molar-refractivity contribution < 1.29 is 9.47 Å². The molecule has 0 fully saturated rings. The molecule has 0 aliphatic rings. The molecule has 0 bridgehead atoms. The molecule has 0 saturated carbocycles. The second-order valence-corrected chi connectivity index (χ2v) is 3.19. The highest BCUT2D eigenvalue weighted by Crippen LogP contribution is 2.03. The first kappa shape index (κ1) is 13.9. The summed E-state index contributed by atoms with van der Waals surface area (Å²) >= 11 is 0. The molecule has 0 unspecified atom stereocenters. The molecule has 4 nitrogen and oxygen atoms in total. The Kier molecular flexibility index (Phi) is 12.0. The van der Waals surface area contributed by atoms with Gasteiger partial charge in [0.15, 0.2) is 0 Å². The Bertz CT molecular complexity index is 184. The Morgan fingerprint density at radius 3 is 1.47 bits per heavy atom. The lowest BCUT2D eigenvalue weighted by Crippen LogP contribution is -1.96. The largest absolute Gasteiger partial charge is 0.367 e. The van der Waals surface area contributed by atoms with Gasteiger partial charge >= 0.3 is 0 Å². The van der Waals surface area contributed by atoms with Crippen LogP contribution in [-0.4, -0.2) is 26.4 Å². The van der Waals surface area contributed by atoms with Crippen molar-refractivity contribution in [1.29, 1.82) is 10.5 Å². The van der Waals surface area contributed by atoms with Crippen molar-refractivity contribution >= 4 is 0 Å². The molecule has 0 rings (SSSR count). The van der Waals surface area contributed by atoms with E-state index in [1.807, 2.05) is 12.1 Å². The average Bonchev–Trinajstić information content (AvgIpc) is 2.26. The van der Waals surface area contributed by atoms with Crippen LogP contribution in [0.1, 0.15) is 32.1 Å². The van der Waals surface area contributed by atoms with E-state index in [2.05, 4.69) is 0 Å². The molecular weight excluding hydrogens is 192 g/mol. The maximum Gasteiger partial charge on any atom is 0.133 e. The summed E-state index contributed by atoms with van der Waals surface area (Å²) in [6.45, 7) is 1.75. The summed E-state index contributed by atoms with van der Waals surface area (Å²) in [5.74, 6) is 0. The van der Waals surface area contributed by atoms with Crippen LogP contribution in [0.25, 0.3) is 0 Å². The molecule has 0 aromatic rings. The Morgan fingerprint density at radius 1 is 0.667 bits per heavy atom. The minimum atomic E-state index is 0.196. The third-order valence-electron chi connectivity index (χ3n) is 1.91. The summed E-state index contributed by atoms with van der Waals surface area (Å²) in [4.78, 5) is 0. The number of hydrogen-bond acceptors (Lipinski definition) is 4. The Balaban J connectivity index is 2.88. The molecule has 0 saturated heterocycles. The van der Waals surface area contributed by atoms with Crippen molar-refractivity contribution in [3.05, 3.63) is 0 Å². The average molecular weight is 210 g/mol. The molecule has 0 aromatic heterocycles. The zero-order chi connectivity index (χ0) is 11.2. The highest BCUT2D eigenvalue weighted by atomic mass is 16.5. The van der Waals surface area contributed by atoms with Crippen molar-refractivity contribution in [3.8, 4) is 12.1 Å². The van der Waals surface area contributed by atoms with Crippen LogP contribution in [-0.2, 0) is 9.47 Å². The monoisotopic (exact) mass is 210 g/mol. The maximum atomic E-state index is 8.20. The van der Waals surface area contributed by atoms with Crippen LogP contribution < -0.4 is 0 Å². The lowest BCUT2D eigenvalue weighted by molar-refractivity contribution is 0.155. The van der Waals surface area contributed by atoms with E-state index in [1.165, 1.54) is 0 Å². The van der Waals surface area contributed by atoms with Crippen LogP contribution in [0.5, 0.6) is 0 Å². The molecule has 0 aliphatic heterocycles. The highest BCUT2D eigenvalue weighted by Gasteiger charge is 1.92. The van der Waals surface area contributed by atoms with Crippen molar-refractivity contribution in [1.82, 2.24) is 0 Å². The lowest BCUT2D eigenvalue weighted by Gasteiger charge is -2.01. The van der Waals surface area contributed by atoms with E-state index in [0.29, 0.717) is 13.2 Å². The SMILES string of the molecule is N#CCOCCCCCCCOCC#N. The van der Waals surface area contributed by atoms with E-state index in [-0.39, 0.29) is 13.2 Å². The van der Waals surface area contributed by atoms with Gasteiger partial charge in [-0.25, -0.2) is 0 Å². The predicted octanol–water partition coefficient (Wildman–Crippen LogP) is 2.02. The Labute approximate surface area is 91.4 Å². The number of nitrogens with zero attached hydrogens (tertiary/aromatic N) is 2.